The van der Waals surface area contributed by atoms with Crippen LogP contribution in [0.1, 0.15) is 0 Å². The molecule has 0 heterocycles. The third-order valence-electron chi connectivity index (χ3n) is 1.60. The molecule has 71 valence electrons. The number of nitrogens with zero attached hydrogens (tertiary/aromatic N) is 1. The number of hydrogen-bond donors (Lipinski definition) is 1. The van der Waals surface area contributed by atoms with Gasteiger partial charge >= 0.3 is 5.97 Å². The minimum Gasteiger partial charge on any atom is -0.476 e. The fourth-order valence-electron chi connectivity index (χ4n) is 1.04. The molecule has 0 aromatic rings. The van der Waals surface area contributed by atoms with Crippen molar-refractivity contribution in [2.24, 2.45) is 0 Å². The van der Waals surface area contributed by atoms with Gasteiger partial charge < -0.3 is 5.11 Å². The summed E-state index contributed by atoms with van der Waals surface area (Å²) in [5, 5.41) is 8.82. The van der Waals surface area contributed by atoms with Crippen molar-refractivity contribution in [2.75, 3.05) is 13.1 Å². The number of hydrogen-bond acceptors (Lipinski definition) is 2. The fraction of sp³-hybridized carbons (Fsp3) is 0.300. The zero-order chi connectivity index (χ0) is 10.3. The van der Waals surface area contributed by atoms with Crippen LogP contribution in [0.3, 0.4) is 0 Å². The maximum absolute atomic E-state index is 10.7. The molecule has 0 amide bonds. The summed E-state index contributed by atoms with van der Waals surface area (Å²) in [7, 11) is 0. The Morgan fingerprint density at radius 1 is 1.31 bits per heavy atom. The molecule has 0 aliphatic rings. The van der Waals surface area contributed by atoms with Crippen LogP contribution in [0.15, 0.2) is 38.0 Å². The summed E-state index contributed by atoms with van der Waals surface area (Å²) < 4.78 is 0. The molecule has 0 rings (SSSR count). The molecule has 0 spiro atoms. The Balaban J connectivity index is 4.45. The van der Waals surface area contributed by atoms with Crippen LogP contribution < -0.4 is 4.90 Å². The summed E-state index contributed by atoms with van der Waals surface area (Å²) in [6.07, 6.45) is 4.71. The van der Waals surface area contributed by atoms with Gasteiger partial charge in [-0.1, -0.05) is 19.7 Å². The lowest BCUT2D eigenvalue weighted by molar-refractivity contribution is -0.139. The van der Waals surface area contributed by atoms with Gasteiger partial charge in [-0.2, -0.15) is 0 Å². The lowest BCUT2D eigenvalue weighted by atomic mass is 10.2. The van der Waals surface area contributed by atoms with Gasteiger partial charge in [0, 0.05) is 0 Å². The zero-order valence-corrected chi connectivity index (χ0v) is 7.65. The van der Waals surface area contributed by atoms with E-state index in [0.29, 0.717) is 13.1 Å². The number of aliphatic carboxylic acids is 1. The van der Waals surface area contributed by atoms with E-state index in [0.717, 1.165) is 0 Å². The highest BCUT2D eigenvalue weighted by Gasteiger charge is 2.29. The summed E-state index contributed by atoms with van der Waals surface area (Å²) in [6.45, 7) is 11.6. The van der Waals surface area contributed by atoms with E-state index in [1.54, 1.807) is 17.1 Å². The number of carbonyl (C=O) groups is 1. The highest BCUT2D eigenvalue weighted by atomic mass is 16.4. The number of rotatable bonds is 7. The quantitative estimate of drug-likeness (QED) is 0.472. The van der Waals surface area contributed by atoms with E-state index in [9.17, 15) is 4.79 Å². The molecule has 1 unspecified atom stereocenters. The van der Waals surface area contributed by atoms with E-state index in [-0.39, 0.29) is 0 Å². The van der Waals surface area contributed by atoms with Gasteiger partial charge in [0.1, 0.15) is 13.1 Å². The molecule has 3 nitrogen and oxygen atoms in total. The molecule has 1 atom stereocenters. The highest BCUT2D eigenvalue weighted by Crippen LogP contribution is 1.97. The van der Waals surface area contributed by atoms with Gasteiger partial charge in [0.15, 0.2) is 0 Å². The summed E-state index contributed by atoms with van der Waals surface area (Å²) in [5.74, 6) is -0.904. The molecule has 0 aromatic heterocycles. The van der Waals surface area contributed by atoms with Gasteiger partial charge in [0.05, 0.1) is 0 Å². The van der Waals surface area contributed by atoms with Gasteiger partial charge in [0.25, 0.3) is 0 Å². The van der Waals surface area contributed by atoms with E-state index in [2.05, 4.69) is 19.7 Å². The molecule has 0 aliphatic heterocycles. The predicted molar refractivity (Wildman–Crippen MR) is 53.9 cm³/mol. The summed E-state index contributed by atoms with van der Waals surface area (Å²) in [6, 6.07) is -0.670. The maximum atomic E-state index is 10.7. The van der Waals surface area contributed by atoms with Crippen molar-refractivity contribution in [3.05, 3.63) is 38.0 Å². The smallest absolute Gasteiger partial charge is 0.371 e. The summed E-state index contributed by atoms with van der Waals surface area (Å²) in [5.41, 5.74) is 0. The SMILES string of the molecule is C=CC[N+](CC=C)C(C=C)C(=O)O. The van der Waals surface area contributed by atoms with E-state index < -0.39 is 12.0 Å². The average molecular weight is 181 g/mol. The van der Waals surface area contributed by atoms with Gasteiger partial charge in [-0.3, -0.25) is 0 Å². The van der Waals surface area contributed by atoms with Crippen LogP contribution in [-0.4, -0.2) is 30.2 Å². The second kappa shape index (κ2) is 6.20. The van der Waals surface area contributed by atoms with Gasteiger partial charge in [0.2, 0.25) is 6.04 Å². The largest absolute Gasteiger partial charge is 0.476 e. The first-order valence-corrected chi connectivity index (χ1v) is 3.98. The zero-order valence-electron chi connectivity index (χ0n) is 7.65. The summed E-state index contributed by atoms with van der Waals surface area (Å²) >= 11 is 0. The van der Waals surface area contributed by atoms with Crippen molar-refractivity contribution in [3.63, 3.8) is 0 Å². The van der Waals surface area contributed by atoms with Crippen LogP contribution in [0, 0.1) is 0 Å². The van der Waals surface area contributed by atoms with Crippen molar-refractivity contribution in [1.82, 2.24) is 4.90 Å². The second-order valence-corrected chi connectivity index (χ2v) is 2.55. The third kappa shape index (κ3) is 3.71. The van der Waals surface area contributed by atoms with Crippen molar-refractivity contribution in [3.8, 4) is 0 Å². The monoisotopic (exact) mass is 181 g/mol. The lowest BCUT2D eigenvalue weighted by Crippen LogP contribution is -2.44. The minimum atomic E-state index is -0.904. The summed E-state index contributed by atoms with van der Waals surface area (Å²) in [4.78, 5) is 12.4. The lowest BCUT2D eigenvalue weighted by Gasteiger charge is -2.12. The van der Waals surface area contributed by atoms with Crippen LogP contribution in [0.25, 0.3) is 0 Å². The molecule has 0 aromatic carbocycles. The van der Waals surface area contributed by atoms with Crippen LogP contribution in [0.2, 0.25) is 0 Å². The molecule has 0 saturated heterocycles. The molecular weight excluding hydrogens is 166 g/mol. The molecule has 0 bridgehead atoms. The van der Waals surface area contributed by atoms with Gasteiger partial charge in [-0.25, -0.2) is 4.79 Å². The Kier molecular flexibility index (Phi) is 5.55. The van der Waals surface area contributed by atoms with Crippen LogP contribution >= 0.6 is 0 Å². The molecule has 3 heteroatoms. The Hall–Kier alpha value is -1.35. The molecule has 1 radical (unpaired) electrons. The Bertz CT molecular complexity index is 201. The molecule has 13 heavy (non-hydrogen) atoms. The van der Waals surface area contributed by atoms with Crippen LogP contribution in [0.5, 0.6) is 0 Å². The van der Waals surface area contributed by atoms with Gasteiger partial charge in [-0.05, 0) is 18.2 Å². The number of carboxylic acids is 1. The van der Waals surface area contributed by atoms with Crippen LogP contribution in [0.4, 0.5) is 0 Å². The van der Waals surface area contributed by atoms with Crippen molar-refractivity contribution >= 4 is 5.97 Å². The minimum absolute atomic E-state index is 0.509. The van der Waals surface area contributed by atoms with Crippen molar-refractivity contribution in [2.45, 2.75) is 6.04 Å². The van der Waals surface area contributed by atoms with Gasteiger partial charge in [-0.15, -0.1) is 4.90 Å². The molecule has 0 aliphatic carbocycles. The molecule has 0 saturated carbocycles. The molecule has 1 N–H and O–H groups in total. The highest BCUT2D eigenvalue weighted by molar-refractivity contribution is 5.76. The Morgan fingerprint density at radius 3 is 2.00 bits per heavy atom. The third-order valence-corrected chi connectivity index (χ3v) is 1.60. The average Bonchev–Trinajstić information content (AvgIpc) is 2.05. The van der Waals surface area contributed by atoms with Crippen molar-refractivity contribution in [1.29, 1.82) is 0 Å². The predicted octanol–water partition coefficient (Wildman–Crippen LogP) is 1.14. The molecular formula is C10H15NO2+. The standard InChI is InChI=1S/C10H15NO2/c1-4-7-11(8-5-2)9(6-3)10(12)13/h4-6,9H,1-3,7-8H2,(H,12,13)/q+1. The first kappa shape index (κ1) is 11.6. The Labute approximate surface area is 78.7 Å². The van der Waals surface area contributed by atoms with E-state index in [4.69, 9.17) is 5.11 Å². The fourth-order valence-corrected chi connectivity index (χ4v) is 1.04. The first-order valence-electron chi connectivity index (χ1n) is 3.98. The molecule has 0 fully saturated rings. The number of carboxylic acid groups (broad SMARTS) is 1. The van der Waals surface area contributed by atoms with Crippen LogP contribution in [-0.2, 0) is 4.79 Å². The van der Waals surface area contributed by atoms with Crippen molar-refractivity contribution < 1.29 is 9.90 Å². The maximum Gasteiger partial charge on any atom is 0.371 e. The topological polar surface area (TPSA) is 43.2 Å². The normalized spacial score (nSPS) is 12.1. The van der Waals surface area contributed by atoms with E-state index >= 15 is 0 Å². The van der Waals surface area contributed by atoms with E-state index in [1.165, 1.54) is 6.08 Å². The Morgan fingerprint density at radius 2 is 1.77 bits per heavy atom. The second-order valence-electron chi connectivity index (χ2n) is 2.55. The first-order chi connectivity index (χ1) is 6.17. The van der Waals surface area contributed by atoms with E-state index in [1.807, 2.05) is 0 Å².